The number of rotatable bonds is 4. The minimum absolute atomic E-state index is 0.0208. The molecule has 10 heteroatoms. The van der Waals surface area contributed by atoms with Crippen molar-refractivity contribution in [3.05, 3.63) is 71.2 Å². The molecule has 2 aliphatic heterocycles. The normalized spacial score (nSPS) is 21.1. The molecule has 1 aromatic carbocycles. The van der Waals surface area contributed by atoms with Gasteiger partial charge in [-0.2, -0.15) is 13.2 Å². The van der Waals surface area contributed by atoms with Crippen LogP contribution in [0.2, 0.25) is 0 Å². The molecule has 1 unspecified atom stereocenters. The molecule has 4 heterocycles. The molecule has 1 saturated heterocycles. The molecule has 0 spiro atoms. The van der Waals surface area contributed by atoms with Crippen molar-refractivity contribution in [2.24, 2.45) is 5.92 Å². The number of aryl methyl sites for hydroxylation is 1. The van der Waals surface area contributed by atoms with Crippen LogP contribution in [-0.4, -0.2) is 41.5 Å². The van der Waals surface area contributed by atoms with Crippen LogP contribution < -0.4 is 10.2 Å². The number of carbonyl (C=O) groups is 2. The van der Waals surface area contributed by atoms with Crippen LogP contribution in [-0.2, 0) is 21.1 Å². The molecule has 2 atom stereocenters. The molecule has 2 aliphatic rings. The number of hydrogen-bond acceptors (Lipinski definition) is 5. The quantitative estimate of drug-likeness (QED) is 0.495. The van der Waals surface area contributed by atoms with Gasteiger partial charge in [-0.1, -0.05) is 13.0 Å². The second-order valence-corrected chi connectivity index (χ2v) is 9.92. The van der Waals surface area contributed by atoms with Crippen LogP contribution in [0.25, 0.3) is 11.1 Å². The first kappa shape index (κ1) is 25.8. The summed E-state index contributed by atoms with van der Waals surface area (Å²) in [5.41, 5.74) is 2.35. The molecule has 7 nitrogen and oxygen atoms in total. The summed E-state index contributed by atoms with van der Waals surface area (Å²) in [6, 6.07) is 8.12. The zero-order valence-electron chi connectivity index (χ0n) is 21.2. The second-order valence-electron chi connectivity index (χ2n) is 9.92. The van der Waals surface area contributed by atoms with Crippen molar-refractivity contribution in [3.63, 3.8) is 0 Å². The molecule has 0 bridgehead atoms. The van der Waals surface area contributed by atoms with Gasteiger partial charge in [-0.15, -0.1) is 0 Å². The van der Waals surface area contributed by atoms with Crippen LogP contribution in [0, 0.1) is 12.8 Å². The van der Waals surface area contributed by atoms with Gasteiger partial charge in [0, 0.05) is 54.0 Å². The van der Waals surface area contributed by atoms with Crippen molar-refractivity contribution in [3.8, 4) is 11.1 Å². The minimum atomic E-state index is -4.60. The number of fused-ring (bicyclic) bond motifs is 3. The fourth-order valence-corrected chi connectivity index (χ4v) is 5.28. The molecule has 3 aromatic rings. The lowest BCUT2D eigenvalue weighted by molar-refractivity contribution is -0.138. The van der Waals surface area contributed by atoms with Crippen LogP contribution in [0.15, 0.2) is 48.9 Å². The van der Waals surface area contributed by atoms with Gasteiger partial charge in [-0.25, -0.2) is 4.98 Å². The van der Waals surface area contributed by atoms with Crippen LogP contribution in [0.1, 0.15) is 47.3 Å². The summed E-state index contributed by atoms with van der Waals surface area (Å²) in [5, 5.41) is 2.68. The Kier molecular flexibility index (Phi) is 6.46. The first-order valence-electron chi connectivity index (χ1n) is 12.4. The number of alkyl halides is 3. The van der Waals surface area contributed by atoms with Crippen molar-refractivity contribution in [2.45, 2.75) is 38.8 Å². The van der Waals surface area contributed by atoms with E-state index in [4.69, 9.17) is 9.72 Å². The van der Waals surface area contributed by atoms with E-state index in [0.717, 1.165) is 34.5 Å². The topological polar surface area (TPSA) is 84.4 Å². The lowest BCUT2D eigenvalue weighted by Crippen LogP contribution is -2.55. The Balaban J connectivity index is 1.50. The summed E-state index contributed by atoms with van der Waals surface area (Å²) in [7, 11) is 0. The van der Waals surface area contributed by atoms with Gasteiger partial charge in [-0.05, 0) is 55.7 Å². The predicted molar refractivity (Wildman–Crippen MR) is 136 cm³/mol. The van der Waals surface area contributed by atoms with E-state index in [1.54, 1.807) is 23.2 Å². The Morgan fingerprint density at radius 2 is 2.00 bits per heavy atom. The van der Waals surface area contributed by atoms with E-state index in [0.29, 0.717) is 43.9 Å². The maximum Gasteiger partial charge on any atom is 0.417 e. The Labute approximate surface area is 218 Å². The first-order chi connectivity index (χ1) is 18.0. The third-order valence-electron chi connectivity index (χ3n) is 7.57. The monoisotopic (exact) mass is 524 g/mol. The highest BCUT2D eigenvalue weighted by Crippen LogP contribution is 2.48. The standard InChI is InChI=1S/C28H27F3N4O3/c1-4-35-24-22(27(3)7-8-38-15-23(27)26(35)37)10-17(13-33-24)21-11-20(6-5-16(21)2)34-25(36)18-9-19(14-32-12-18)28(29,30)31/h5-6,9-14,23H,4,7-8,15H2,1-3H3,(H,34,36)/t23?,27-/m0/s1. The third kappa shape index (κ3) is 4.42. The average molecular weight is 525 g/mol. The molecule has 1 fully saturated rings. The highest BCUT2D eigenvalue weighted by molar-refractivity contribution is 6.04. The average Bonchev–Trinajstić information content (AvgIpc) is 2.89. The molecule has 2 aromatic heterocycles. The van der Waals surface area contributed by atoms with Gasteiger partial charge in [0.2, 0.25) is 5.91 Å². The molecule has 0 aliphatic carbocycles. The van der Waals surface area contributed by atoms with Crippen molar-refractivity contribution < 1.29 is 27.5 Å². The summed E-state index contributed by atoms with van der Waals surface area (Å²) in [4.78, 5) is 35.9. The van der Waals surface area contributed by atoms with Gasteiger partial charge in [0.1, 0.15) is 5.82 Å². The molecule has 0 radical (unpaired) electrons. The fourth-order valence-electron chi connectivity index (χ4n) is 5.28. The van der Waals surface area contributed by atoms with E-state index in [1.165, 1.54) is 0 Å². The third-order valence-corrected chi connectivity index (χ3v) is 7.57. The van der Waals surface area contributed by atoms with Gasteiger partial charge in [0.15, 0.2) is 0 Å². The second kappa shape index (κ2) is 9.50. The van der Waals surface area contributed by atoms with Crippen LogP contribution in [0.4, 0.5) is 24.7 Å². The van der Waals surface area contributed by atoms with Crippen molar-refractivity contribution in [1.29, 1.82) is 0 Å². The summed E-state index contributed by atoms with van der Waals surface area (Å²) in [5.74, 6) is -0.321. The number of carbonyl (C=O) groups excluding carboxylic acids is 2. The van der Waals surface area contributed by atoms with E-state index >= 15 is 0 Å². The summed E-state index contributed by atoms with van der Waals surface area (Å²) in [6.07, 6.45) is -0.418. The van der Waals surface area contributed by atoms with Gasteiger partial charge in [-0.3, -0.25) is 19.5 Å². The zero-order valence-corrected chi connectivity index (χ0v) is 21.2. The molecular weight excluding hydrogens is 497 g/mol. The first-order valence-corrected chi connectivity index (χ1v) is 12.4. The predicted octanol–water partition coefficient (Wildman–Crippen LogP) is 5.38. The number of hydrogen-bond donors (Lipinski definition) is 1. The molecule has 0 saturated carbocycles. The lowest BCUT2D eigenvalue weighted by Gasteiger charge is -2.47. The molecule has 198 valence electrons. The number of ether oxygens (including phenoxy) is 1. The number of halogens is 3. The highest BCUT2D eigenvalue weighted by atomic mass is 19.4. The van der Waals surface area contributed by atoms with Gasteiger partial charge < -0.3 is 10.1 Å². The smallest absolute Gasteiger partial charge is 0.381 e. The van der Waals surface area contributed by atoms with E-state index < -0.39 is 23.1 Å². The van der Waals surface area contributed by atoms with Crippen LogP contribution in [0.5, 0.6) is 0 Å². The SMILES string of the molecule is CCN1C(=O)C2COCC[C@@]2(C)c2cc(-c3cc(NC(=O)c4cncc(C(F)(F)F)c4)ccc3C)cnc21. The Hall–Kier alpha value is -3.79. The number of pyridine rings is 2. The van der Waals surface area contributed by atoms with E-state index in [9.17, 15) is 22.8 Å². The van der Waals surface area contributed by atoms with Crippen molar-refractivity contribution in [1.82, 2.24) is 9.97 Å². The fraction of sp³-hybridized carbons (Fsp3) is 0.357. The number of anilines is 2. The number of aromatic nitrogens is 2. The lowest BCUT2D eigenvalue weighted by atomic mass is 9.66. The summed E-state index contributed by atoms with van der Waals surface area (Å²) < 4.78 is 44.8. The molecule has 5 rings (SSSR count). The molecular formula is C28H27F3N4O3. The number of nitrogens with one attached hydrogen (secondary N) is 1. The highest BCUT2D eigenvalue weighted by Gasteiger charge is 2.50. The summed E-state index contributed by atoms with van der Waals surface area (Å²) in [6.45, 7) is 7.34. The Bertz CT molecular complexity index is 1420. The number of amides is 2. The van der Waals surface area contributed by atoms with Crippen LogP contribution >= 0.6 is 0 Å². The van der Waals surface area contributed by atoms with Gasteiger partial charge in [0.25, 0.3) is 5.91 Å². The van der Waals surface area contributed by atoms with E-state index in [1.807, 2.05) is 19.9 Å². The van der Waals surface area contributed by atoms with E-state index in [-0.39, 0.29) is 17.4 Å². The van der Waals surface area contributed by atoms with Crippen LogP contribution in [0.3, 0.4) is 0 Å². The Morgan fingerprint density at radius 1 is 1.21 bits per heavy atom. The Morgan fingerprint density at radius 3 is 2.74 bits per heavy atom. The van der Waals surface area contributed by atoms with Crippen molar-refractivity contribution in [2.75, 3.05) is 30.0 Å². The molecule has 1 N–H and O–H groups in total. The van der Waals surface area contributed by atoms with Gasteiger partial charge >= 0.3 is 6.18 Å². The zero-order chi connectivity index (χ0) is 27.2. The molecule has 2 amide bonds. The maximum atomic E-state index is 13.2. The van der Waals surface area contributed by atoms with Crippen molar-refractivity contribution >= 4 is 23.3 Å². The number of benzene rings is 1. The summed E-state index contributed by atoms with van der Waals surface area (Å²) >= 11 is 0. The largest absolute Gasteiger partial charge is 0.417 e. The van der Waals surface area contributed by atoms with E-state index in [2.05, 4.69) is 23.3 Å². The minimum Gasteiger partial charge on any atom is -0.381 e. The van der Waals surface area contributed by atoms with Gasteiger partial charge in [0.05, 0.1) is 23.7 Å². The number of nitrogens with zero attached hydrogens (tertiary/aromatic N) is 3. The molecule has 38 heavy (non-hydrogen) atoms. The maximum absolute atomic E-state index is 13.2.